The molecule has 0 aliphatic carbocycles. The highest BCUT2D eigenvalue weighted by Crippen LogP contribution is 2.40. The van der Waals surface area contributed by atoms with E-state index < -0.39 is 17.2 Å². The zero-order valence-corrected chi connectivity index (χ0v) is 18.9. The Balaban J connectivity index is 0.00000101. The number of nitrogens with one attached hydrogen (secondary N) is 1. The minimum Gasteiger partial charge on any atom is -0.483 e. The van der Waals surface area contributed by atoms with Crippen molar-refractivity contribution in [2.75, 3.05) is 31.7 Å². The normalized spacial score (nSPS) is 25.8. The summed E-state index contributed by atoms with van der Waals surface area (Å²) < 4.78 is 6.14. The maximum atomic E-state index is 12.1. The lowest BCUT2D eigenvalue weighted by Gasteiger charge is -2.53. The molecule has 1 amide bonds. The molecule has 7 nitrogen and oxygen atoms in total. The summed E-state index contributed by atoms with van der Waals surface area (Å²) >= 11 is 1.50. The third-order valence-electron chi connectivity index (χ3n) is 6.17. The van der Waals surface area contributed by atoms with Crippen LogP contribution in [0.2, 0.25) is 0 Å². The summed E-state index contributed by atoms with van der Waals surface area (Å²) in [7, 11) is 0. The summed E-state index contributed by atoms with van der Waals surface area (Å²) in [6, 6.07) is 8.49. The monoisotopic (exact) mass is 438 g/mol. The van der Waals surface area contributed by atoms with E-state index in [2.05, 4.69) is 41.4 Å². The zero-order valence-electron chi connectivity index (χ0n) is 18.1. The van der Waals surface area contributed by atoms with Crippen LogP contribution in [-0.2, 0) is 20.9 Å². The van der Waals surface area contributed by atoms with Crippen LogP contribution in [0.5, 0.6) is 0 Å². The smallest absolute Gasteiger partial charge is 0.290 e. The molecule has 2 fully saturated rings. The molecule has 1 aromatic carbocycles. The van der Waals surface area contributed by atoms with E-state index in [0.29, 0.717) is 18.8 Å². The Kier molecular flexibility index (Phi) is 9.15. The standard InChI is InChI=1S/C21H32N2O3S.CH2O2/c1-16-6-4-5-7-17(16)14-23-11-8-21(9-12-23)19(25)20(2,10-13-26-21)22-18(24)15-27-3;2-1-3/h4-7,19,25H,8-15H2,1-3H3,(H,22,24);1H,(H,2,3)/t19-,20+;/m0./s1. The Labute approximate surface area is 183 Å². The molecule has 2 saturated heterocycles. The summed E-state index contributed by atoms with van der Waals surface area (Å²) in [6.07, 6.45) is 3.43. The summed E-state index contributed by atoms with van der Waals surface area (Å²) in [5, 5.41) is 21.1. The maximum absolute atomic E-state index is 12.1. The molecule has 2 aliphatic heterocycles. The number of rotatable bonds is 5. The van der Waals surface area contributed by atoms with E-state index in [9.17, 15) is 9.90 Å². The fraction of sp³-hybridized carbons (Fsp3) is 0.636. The number of hydrogen-bond acceptors (Lipinski definition) is 6. The van der Waals surface area contributed by atoms with Crippen LogP contribution >= 0.6 is 11.8 Å². The van der Waals surface area contributed by atoms with Crippen LogP contribution in [0.3, 0.4) is 0 Å². The van der Waals surface area contributed by atoms with Crippen molar-refractivity contribution in [1.82, 2.24) is 10.2 Å². The Morgan fingerprint density at radius 2 is 1.97 bits per heavy atom. The Morgan fingerprint density at radius 1 is 1.33 bits per heavy atom. The minimum atomic E-state index is -0.690. The number of amides is 1. The number of carbonyl (C=O) groups is 2. The van der Waals surface area contributed by atoms with Crippen molar-refractivity contribution in [1.29, 1.82) is 0 Å². The Morgan fingerprint density at radius 3 is 2.57 bits per heavy atom. The highest BCUT2D eigenvalue weighted by atomic mass is 32.2. The molecule has 8 heteroatoms. The van der Waals surface area contributed by atoms with Gasteiger partial charge < -0.3 is 20.3 Å². The van der Waals surface area contributed by atoms with Crippen molar-refractivity contribution in [3.63, 3.8) is 0 Å². The molecular formula is C22H34N2O5S. The van der Waals surface area contributed by atoms with Crippen LogP contribution in [0.4, 0.5) is 0 Å². The number of benzene rings is 1. The largest absolute Gasteiger partial charge is 0.483 e. The van der Waals surface area contributed by atoms with Gasteiger partial charge in [0.2, 0.25) is 5.91 Å². The van der Waals surface area contributed by atoms with Crippen LogP contribution in [0, 0.1) is 6.92 Å². The number of thioether (sulfide) groups is 1. The molecule has 30 heavy (non-hydrogen) atoms. The summed E-state index contributed by atoms with van der Waals surface area (Å²) in [6.45, 7) is 7.14. The fourth-order valence-corrected chi connectivity index (χ4v) is 4.75. The number of nitrogens with zero attached hydrogens (tertiary/aromatic N) is 1. The third kappa shape index (κ3) is 5.97. The van der Waals surface area contributed by atoms with Crippen LogP contribution in [0.25, 0.3) is 0 Å². The van der Waals surface area contributed by atoms with Gasteiger partial charge in [-0.25, -0.2) is 0 Å². The predicted molar refractivity (Wildman–Crippen MR) is 119 cm³/mol. The van der Waals surface area contributed by atoms with E-state index in [4.69, 9.17) is 14.6 Å². The Bertz CT molecular complexity index is 709. The summed E-state index contributed by atoms with van der Waals surface area (Å²) in [5.41, 5.74) is 1.49. The predicted octanol–water partition coefficient (Wildman–Crippen LogP) is 2.05. The molecule has 2 aliphatic rings. The number of aliphatic hydroxyl groups excluding tert-OH is 1. The first-order chi connectivity index (χ1) is 14.3. The van der Waals surface area contributed by atoms with E-state index in [0.717, 1.165) is 32.5 Å². The highest BCUT2D eigenvalue weighted by molar-refractivity contribution is 7.99. The molecule has 0 bridgehead atoms. The number of carboxylic acid groups (broad SMARTS) is 1. The van der Waals surface area contributed by atoms with Gasteiger partial charge in [-0.2, -0.15) is 11.8 Å². The second kappa shape index (κ2) is 11.1. The van der Waals surface area contributed by atoms with E-state index >= 15 is 0 Å². The first-order valence-electron chi connectivity index (χ1n) is 10.3. The maximum Gasteiger partial charge on any atom is 0.290 e. The second-order valence-corrected chi connectivity index (χ2v) is 9.14. The van der Waals surface area contributed by atoms with Gasteiger partial charge in [0.25, 0.3) is 6.47 Å². The van der Waals surface area contributed by atoms with Gasteiger partial charge in [-0.3, -0.25) is 14.5 Å². The average Bonchev–Trinajstić information content (AvgIpc) is 2.70. The van der Waals surface area contributed by atoms with Gasteiger partial charge in [-0.1, -0.05) is 24.3 Å². The topological polar surface area (TPSA) is 99.1 Å². The van der Waals surface area contributed by atoms with Crippen LogP contribution in [0.1, 0.15) is 37.3 Å². The van der Waals surface area contributed by atoms with E-state index in [1.54, 1.807) is 0 Å². The number of aryl methyl sites for hydroxylation is 1. The lowest BCUT2D eigenvalue weighted by Crippen LogP contribution is -2.69. The molecule has 3 rings (SSSR count). The number of aliphatic hydroxyl groups is 1. The summed E-state index contributed by atoms with van der Waals surface area (Å²) in [5.74, 6) is 0.401. The molecule has 3 N–H and O–H groups in total. The van der Waals surface area contributed by atoms with Gasteiger partial charge in [-0.05, 0) is 50.5 Å². The van der Waals surface area contributed by atoms with Crippen LogP contribution in [0.15, 0.2) is 24.3 Å². The lowest BCUT2D eigenvalue weighted by molar-refractivity contribution is -0.208. The molecule has 168 valence electrons. The lowest BCUT2D eigenvalue weighted by atomic mass is 9.73. The van der Waals surface area contributed by atoms with Gasteiger partial charge in [0.15, 0.2) is 0 Å². The van der Waals surface area contributed by atoms with Crippen LogP contribution in [-0.4, -0.2) is 76.4 Å². The van der Waals surface area contributed by atoms with Crippen molar-refractivity contribution >= 4 is 24.1 Å². The molecular weight excluding hydrogens is 404 g/mol. The summed E-state index contributed by atoms with van der Waals surface area (Å²) in [4.78, 5) is 22.9. The van der Waals surface area contributed by atoms with Crippen molar-refractivity contribution < 1.29 is 24.5 Å². The molecule has 0 unspecified atom stereocenters. The minimum absolute atomic E-state index is 0.0157. The molecule has 0 aromatic heterocycles. The number of carbonyl (C=O) groups excluding carboxylic acids is 1. The van der Waals surface area contributed by atoms with Crippen molar-refractivity contribution in [3.8, 4) is 0 Å². The zero-order chi connectivity index (χ0) is 22.2. The molecule has 1 spiro atoms. The van der Waals surface area contributed by atoms with Gasteiger partial charge in [-0.15, -0.1) is 0 Å². The first-order valence-corrected chi connectivity index (χ1v) is 11.7. The molecule has 2 heterocycles. The average molecular weight is 439 g/mol. The quantitative estimate of drug-likeness (QED) is 0.605. The SMILES string of the molecule is CSCC(=O)N[C@]1(C)CCOC2(CCN(Cc3ccccc3C)CC2)[C@H]1O.O=CO. The molecule has 1 aromatic rings. The van der Waals surface area contributed by atoms with Gasteiger partial charge in [0, 0.05) is 26.2 Å². The number of likely N-dealkylation sites (tertiary alicyclic amines) is 1. The highest BCUT2D eigenvalue weighted by Gasteiger charge is 2.53. The number of hydrogen-bond donors (Lipinski definition) is 3. The van der Waals surface area contributed by atoms with Crippen molar-refractivity contribution in [3.05, 3.63) is 35.4 Å². The second-order valence-electron chi connectivity index (χ2n) is 8.27. The number of ether oxygens (including phenoxy) is 1. The third-order valence-corrected chi connectivity index (χ3v) is 6.72. The first kappa shape index (κ1) is 24.7. The van der Waals surface area contributed by atoms with E-state index in [-0.39, 0.29) is 12.4 Å². The molecule has 0 radical (unpaired) electrons. The van der Waals surface area contributed by atoms with Gasteiger partial charge in [0.05, 0.1) is 16.9 Å². The number of piperidine rings is 1. The van der Waals surface area contributed by atoms with E-state index in [1.165, 1.54) is 22.9 Å². The van der Waals surface area contributed by atoms with Crippen LogP contribution < -0.4 is 5.32 Å². The fourth-order valence-electron chi connectivity index (χ4n) is 4.41. The van der Waals surface area contributed by atoms with Gasteiger partial charge in [0.1, 0.15) is 6.10 Å². The Hall–Kier alpha value is -1.61. The van der Waals surface area contributed by atoms with E-state index in [1.807, 2.05) is 13.2 Å². The van der Waals surface area contributed by atoms with Crippen molar-refractivity contribution in [2.45, 2.75) is 56.9 Å². The van der Waals surface area contributed by atoms with Crippen molar-refractivity contribution in [2.24, 2.45) is 0 Å². The molecule has 2 atom stereocenters. The molecule has 0 saturated carbocycles. The van der Waals surface area contributed by atoms with Gasteiger partial charge >= 0.3 is 0 Å².